The van der Waals surface area contributed by atoms with Crippen LogP contribution in [0.1, 0.15) is 29.9 Å². The zero-order valence-corrected chi connectivity index (χ0v) is 10.2. The van der Waals surface area contributed by atoms with Gasteiger partial charge in [0, 0.05) is 24.3 Å². The van der Waals surface area contributed by atoms with Crippen LogP contribution in [0.4, 0.5) is 0 Å². The summed E-state index contributed by atoms with van der Waals surface area (Å²) in [5, 5.41) is 13.3. The van der Waals surface area contributed by atoms with E-state index in [2.05, 4.69) is 34.6 Å². The predicted molar refractivity (Wildman–Crippen MR) is 62.2 cm³/mol. The number of aryl methyl sites for hydroxylation is 1. The zero-order valence-electron chi connectivity index (χ0n) is 10.2. The molecule has 0 bridgehead atoms. The van der Waals surface area contributed by atoms with Crippen molar-refractivity contribution in [1.29, 1.82) is 5.26 Å². The summed E-state index contributed by atoms with van der Waals surface area (Å²) in [4.78, 5) is 2.39. The molecule has 2 heterocycles. The number of hydrogen-bond acceptors (Lipinski definition) is 3. The summed E-state index contributed by atoms with van der Waals surface area (Å²) in [7, 11) is 0. The molecule has 0 saturated carbocycles. The second kappa shape index (κ2) is 4.26. The van der Waals surface area contributed by atoms with E-state index in [9.17, 15) is 0 Å². The summed E-state index contributed by atoms with van der Waals surface area (Å²) in [6.45, 7) is 9.53. The third kappa shape index (κ3) is 1.72. The standard InChI is InChI=1S/C12H18N4/c1-4-15-7-11(8-15)16-10(3)12(5-6-13)9(2)14-16/h11H,4-5,7-8H2,1-3H3. The Morgan fingerprint density at radius 1 is 1.44 bits per heavy atom. The predicted octanol–water partition coefficient (Wildman–Crippen LogP) is 1.44. The molecule has 0 aliphatic carbocycles. The van der Waals surface area contributed by atoms with Crippen LogP contribution in [0.5, 0.6) is 0 Å². The van der Waals surface area contributed by atoms with Crippen molar-refractivity contribution >= 4 is 0 Å². The Morgan fingerprint density at radius 3 is 2.69 bits per heavy atom. The first-order valence-corrected chi connectivity index (χ1v) is 5.81. The summed E-state index contributed by atoms with van der Waals surface area (Å²) in [5.74, 6) is 0. The summed E-state index contributed by atoms with van der Waals surface area (Å²) in [5.41, 5.74) is 3.28. The van der Waals surface area contributed by atoms with E-state index in [1.807, 2.05) is 6.92 Å². The molecule has 16 heavy (non-hydrogen) atoms. The minimum absolute atomic E-state index is 0.474. The van der Waals surface area contributed by atoms with Crippen molar-refractivity contribution in [2.75, 3.05) is 19.6 Å². The summed E-state index contributed by atoms with van der Waals surface area (Å²) < 4.78 is 2.11. The highest BCUT2D eigenvalue weighted by atomic mass is 15.4. The molecule has 0 atom stereocenters. The van der Waals surface area contributed by atoms with Crippen LogP contribution in [-0.4, -0.2) is 34.3 Å². The van der Waals surface area contributed by atoms with Gasteiger partial charge in [-0.15, -0.1) is 0 Å². The van der Waals surface area contributed by atoms with Gasteiger partial charge in [-0.05, 0) is 20.4 Å². The molecule has 0 N–H and O–H groups in total. The lowest BCUT2D eigenvalue weighted by molar-refractivity contribution is 0.104. The van der Waals surface area contributed by atoms with E-state index >= 15 is 0 Å². The first-order chi connectivity index (χ1) is 7.67. The number of likely N-dealkylation sites (tertiary alicyclic amines) is 1. The molecular weight excluding hydrogens is 200 g/mol. The fourth-order valence-electron chi connectivity index (χ4n) is 2.34. The molecule has 1 aliphatic rings. The largest absolute Gasteiger partial charge is 0.299 e. The van der Waals surface area contributed by atoms with E-state index in [4.69, 9.17) is 5.26 Å². The molecule has 1 fully saturated rings. The molecule has 1 aromatic heterocycles. The lowest BCUT2D eigenvalue weighted by Crippen LogP contribution is -2.47. The fraction of sp³-hybridized carbons (Fsp3) is 0.667. The molecule has 0 amide bonds. The van der Waals surface area contributed by atoms with E-state index in [-0.39, 0.29) is 0 Å². The summed E-state index contributed by atoms with van der Waals surface area (Å²) in [6, 6.07) is 2.72. The van der Waals surface area contributed by atoms with Crippen LogP contribution in [0, 0.1) is 25.2 Å². The number of hydrogen-bond donors (Lipinski definition) is 0. The monoisotopic (exact) mass is 218 g/mol. The van der Waals surface area contributed by atoms with Crippen LogP contribution >= 0.6 is 0 Å². The van der Waals surface area contributed by atoms with Crippen molar-refractivity contribution in [2.45, 2.75) is 33.2 Å². The van der Waals surface area contributed by atoms with Gasteiger partial charge in [0.05, 0.1) is 24.2 Å². The van der Waals surface area contributed by atoms with Crippen LogP contribution in [0.2, 0.25) is 0 Å². The quantitative estimate of drug-likeness (QED) is 0.771. The Labute approximate surface area is 96.5 Å². The maximum atomic E-state index is 8.77. The van der Waals surface area contributed by atoms with Gasteiger partial charge in [0.25, 0.3) is 0 Å². The Morgan fingerprint density at radius 2 is 2.12 bits per heavy atom. The van der Waals surface area contributed by atoms with Crippen molar-refractivity contribution in [2.24, 2.45) is 0 Å². The molecule has 1 aliphatic heterocycles. The topological polar surface area (TPSA) is 44.9 Å². The average molecular weight is 218 g/mol. The van der Waals surface area contributed by atoms with Gasteiger partial charge in [-0.1, -0.05) is 6.92 Å². The third-order valence-corrected chi connectivity index (χ3v) is 3.46. The number of nitriles is 1. The molecule has 0 spiro atoms. The number of likely N-dealkylation sites (N-methyl/N-ethyl adjacent to an activating group) is 1. The van der Waals surface area contributed by atoms with Gasteiger partial charge in [0.1, 0.15) is 0 Å². The molecule has 0 radical (unpaired) electrons. The minimum atomic E-state index is 0.474. The van der Waals surface area contributed by atoms with Crippen LogP contribution < -0.4 is 0 Å². The van der Waals surface area contributed by atoms with Gasteiger partial charge in [0.15, 0.2) is 0 Å². The van der Waals surface area contributed by atoms with E-state index < -0.39 is 0 Å². The van der Waals surface area contributed by atoms with Gasteiger partial charge in [-0.3, -0.25) is 9.58 Å². The minimum Gasteiger partial charge on any atom is -0.299 e. The average Bonchev–Trinajstić information content (AvgIpc) is 2.45. The summed E-state index contributed by atoms with van der Waals surface area (Å²) >= 11 is 0. The second-order valence-corrected chi connectivity index (χ2v) is 4.43. The highest BCUT2D eigenvalue weighted by Gasteiger charge is 2.29. The number of rotatable bonds is 3. The number of aromatic nitrogens is 2. The lowest BCUT2D eigenvalue weighted by Gasteiger charge is -2.39. The van der Waals surface area contributed by atoms with Crippen molar-refractivity contribution in [1.82, 2.24) is 14.7 Å². The van der Waals surface area contributed by atoms with Gasteiger partial charge < -0.3 is 0 Å². The molecule has 1 saturated heterocycles. The maximum absolute atomic E-state index is 8.77. The lowest BCUT2D eigenvalue weighted by atomic mass is 10.1. The van der Waals surface area contributed by atoms with Gasteiger partial charge in [-0.2, -0.15) is 10.4 Å². The highest BCUT2D eigenvalue weighted by molar-refractivity contribution is 5.28. The Hall–Kier alpha value is -1.34. The fourth-order valence-corrected chi connectivity index (χ4v) is 2.34. The van der Waals surface area contributed by atoms with E-state index in [1.165, 1.54) is 5.69 Å². The van der Waals surface area contributed by atoms with E-state index in [0.29, 0.717) is 12.5 Å². The van der Waals surface area contributed by atoms with Gasteiger partial charge in [-0.25, -0.2) is 0 Å². The molecule has 4 heteroatoms. The Kier molecular flexibility index (Phi) is 2.97. The van der Waals surface area contributed by atoms with Gasteiger partial charge >= 0.3 is 0 Å². The maximum Gasteiger partial charge on any atom is 0.0776 e. The smallest absolute Gasteiger partial charge is 0.0776 e. The molecule has 0 unspecified atom stereocenters. The molecule has 1 aromatic rings. The molecule has 4 nitrogen and oxygen atoms in total. The zero-order chi connectivity index (χ0) is 11.7. The molecule has 2 rings (SSSR count). The van der Waals surface area contributed by atoms with Crippen molar-refractivity contribution in [3.63, 3.8) is 0 Å². The molecular formula is C12H18N4. The van der Waals surface area contributed by atoms with Gasteiger partial charge in [0.2, 0.25) is 0 Å². The van der Waals surface area contributed by atoms with Crippen LogP contribution in [0.15, 0.2) is 0 Å². The summed E-state index contributed by atoms with van der Waals surface area (Å²) in [6.07, 6.45) is 0.474. The van der Waals surface area contributed by atoms with Crippen molar-refractivity contribution < 1.29 is 0 Å². The van der Waals surface area contributed by atoms with Crippen LogP contribution in [-0.2, 0) is 6.42 Å². The first kappa shape index (κ1) is 11.2. The third-order valence-electron chi connectivity index (χ3n) is 3.46. The first-order valence-electron chi connectivity index (χ1n) is 5.81. The SMILES string of the molecule is CCN1CC(n2nc(C)c(CC#N)c2C)C1. The number of nitrogens with zero attached hydrogens (tertiary/aromatic N) is 4. The van der Waals surface area contributed by atoms with E-state index in [0.717, 1.165) is 30.9 Å². The Balaban J connectivity index is 2.18. The van der Waals surface area contributed by atoms with Crippen LogP contribution in [0.25, 0.3) is 0 Å². The second-order valence-electron chi connectivity index (χ2n) is 4.43. The molecule has 86 valence electrons. The van der Waals surface area contributed by atoms with Crippen molar-refractivity contribution in [3.05, 3.63) is 17.0 Å². The van der Waals surface area contributed by atoms with E-state index in [1.54, 1.807) is 0 Å². The van der Waals surface area contributed by atoms with Crippen molar-refractivity contribution in [3.8, 4) is 6.07 Å². The normalized spacial score (nSPS) is 17.1. The highest BCUT2D eigenvalue weighted by Crippen LogP contribution is 2.24. The van der Waals surface area contributed by atoms with Crippen LogP contribution in [0.3, 0.4) is 0 Å². The molecule has 0 aromatic carbocycles. The Bertz CT molecular complexity index is 421.